The first-order valence-corrected chi connectivity index (χ1v) is 12.5. The minimum Gasteiger partial charge on any atom is -0.342 e. The van der Waals surface area contributed by atoms with Gasteiger partial charge < -0.3 is 14.7 Å². The molecule has 4 fully saturated rings. The quantitative estimate of drug-likeness (QED) is 0.694. The maximum absolute atomic E-state index is 13.6. The van der Waals surface area contributed by atoms with Crippen LogP contribution in [-0.2, 0) is 9.59 Å². The molecule has 0 N–H and O–H groups in total. The van der Waals surface area contributed by atoms with Crippen LogP contribution in [-0.4, -0.2) is 65.8 Å². The van der Waals surface area contributed by atoms with Crippen LogP contribution in [0.3, 0.4) is 0 Å². The van der Waals surface area contributed by atoms with Crippen molar-refractivity contribution in [3.05, 3.63) is 35.9 Å². The summed E-state index contributed by atoms with van der Waals surface area (Å²) >= 11 is 0. The van der Waals surface area contributed by atoms with Gasteiger partial charge in [0.05, 0.1) is 11.5 Å². The lowest BCUT2D eigenvalue weighted by Crippen LogP contribution is -2.68. The Morgan fingerprint density at radius 2 is 1.55 bits per heavy atom. The van der Waals surface area contributed by atoms with Gasteiger partial charge in [-0.15, -0.1) is 0 Å². The first-order valence-electron chi connectivity index (χ1n) is 12.5. The van der Waals surface area contributed by atoms with E-state index in [1.807, 2.05) is 0 Å². The minimum atomic E-state index is -0.166. The van der Waals surface area contributed by atoms with Gasteiger partial charge in [0.25, 0.3) is 0 Å². The van der Waals surface area contributed by atoms with E-state index in [9.17, 15) is 9.59 Å². The van der Waals surface area contributed by atoms with Crippen molar-refractivity contribution in [1.82, 2.24) is 14.7 Å². The Morgan fingerprint density at radius 1 is 0.903 bits per heavy atom. The van der Waals surface area contributed by atoms with E-state index in [2.05, 4.69) is 52.1 Å². The smallest absolute Gasteiger partial charge is 0.232 e. The van der Waals surface area contributed by atoms with Crippen molar-refractivity contribution in [2.24, 2.45) is 11.3 Å². The fourth-order valence-corrected chi connectivity index (χ4v) is 6.73. The number of amides is 2. The van der Waals surface area contributed by atoms with Crippen LogP contribution in [0.5, 0.6) is 0 Å². The SMILES string of the molecule is CN1CCC(C(=O)N2CCC(N3C(=O)C4(CCCCC4)C3c3ccccc3)CC2)CC1. The van der Waals surface area contributed by atoms with Gasteiger partial charge in [-0.05, 0) is 64.2 Å². The fraction of sp³-hybridized carbons (Fsp3) is 0.692. The third kappa shape index (κ3) is 3.69. The van der Waals surface area contributed by atoms with Crippen LogP contribution in [0.4, 0.5) is 0 Å². The highest BCUT2D eigenvalue weighted by molar-refractivity contribution is 5.91. The van der Waals surface area contributed by atoms with Crippen molar-refractivity contribution in [3.63, 3.8) is 0 Å². The molecule has 4 aliphatic rings. The van der Waals surface area contributed by atoms with Crippen LogP contribution >= 0.6 is 0 Å². The molecule has 168 valence electrons. The van der Waals surface area contributed by atoms with Gasteiger partial charge in [-0.25, -0.2) is 0 Å². The first-order chi connectivity index (χ1) is 15.1. The Bertz CT molecular complexity index is 788. The highest BCUT2D eigenvalue weighted by atomic mass is 16.2. The second-order valence-electron chi connectivity index (χ2n) is 10.4. The molecule has 1 spiro atoms. The first kappa shape index (κ1) is 21.0. The Labute approximate surface area is 186 Å². The molecule has 2 amide bonds. The normalized spacial score (nSPS) is 28.0. The van der Waals surface area contributed by atoms with Gasteiger partial charge in [-0.1, -0.05) is 49.6 Å². The molecular formula is C26H37N3O2. The predicted octanol–water partition coefficient (Wildman–Crippen LogP) is 3.85. The van der Waals surface area contributed by atoms with Crippen molar-refractivity contribution in [2.75, 3.05) is 33.2 Å². The molecule has 3 aliphatic heterocycles. The summed E-state index contributed by atoms with van der Waals surface area (Å²) in [4.78, 5) is 33.2. The van der Waals surface area contributed by atoms with Gasteiger partial charge >= 0.3 is 0 Å². The summed E-state index contributed by atoms with van der Waals surface area (Å²) in [5, 5.41) is 0. The molecule has 0 bridgehead atoms. The summed E-state index contributed by atoms with van der Waals surface area (Å²) in [6, 6.07) is 11.2. The molecule has 1 aliphatic carbocycles. The summed E-state index contributed by atoms with van der Waals surface area (Å²) in [7, 11) is 2.14. The molecule has 5 rings (SSSR count). The summed E-state index contributed by atoms with van der Waals surface area (Å²) in [6.07, 6.45) is 9.49. The molecule has 5 heteroatoms. The number of nitrogens with zero attached hydrogens (tertiary/aromatic N) is 3. The maximum atomic E-state index is 13.6. The molecule has 1 aromatic rings. The minimum absolute atomic E-state index is 0.166. The molecular weight excluding hydrogens is 386 g/mol. The zero-order valence-electron chi connectivity index (χ0n) is 19.0. The Balaban J connectivity index is 1.27. The van der Waals surface area contributed by atoms with E-state index in [-0.39, 0.29) is 23.4 Å². The third-order valence-corrected chi connectivity index (χ3v) is 8.56. The maximum Gasteiger partial charge on any atom is 0.232 e. The van der Waals surface area contributed by atoms with Crippen LogP contribution in [0.1, 0.15) is 69.4 Å². The number of rotatable bonds is 3. The molecule has 3 heterocycles. The van der Waals surface area contributed by atoms with Crippen LogP contribution in [0.15, 0.2) is 30.3 Å². The lowest BCUT2D eigenvalue weighted by molar-refractivity contribution is -0.187. The van der Waals surface area contributed by atoms with Crippen LogP contribution in [0.2, 0.25) is 0 Å². The summed E-state index contributed by atoms with van der Waals surface area (Å²) in [5.41, 5.74) is 1.13. The molecule has 1 saturated carbocycles. The van der Waals surface area contributed by atoms with Crippen LogP contribution < -0.4 is 0 Å². The second kappa shape index (κ2) is 8.57. The standard InChI is InChI=1S/C26H37N3O2/c1-27-16-10-21(11-17-27)24(30)28-18-12-22(13-19-28)29-23(20-8-4-2-5-9-20)26(25(29)31)14-6-3-7-15-26/h2,4-5,8-9,21-23H,3,6-7,10-19H2,1H3. The molecule has 1 aromatic carbocycles. The van der Waals surface area contributed by atoms with Gasteiger partial charge in [0, 0.05) is 25.0 Å². The topological polar surface area (TPSA) is 43.9 Å². The highest BCUT2D eigenvalue weighted by Gasteiger charge is 2.62. The van der Waals surface area contributed by atoms with E-state index in [1.165, 1.54) is 24.8 Å². The average Bonchev–Trinajstić information content (AvgIpc) is 2.83. The number of β-lactam (4-membered cyclic amide) rings is 1. The Kier molecular flexibility index (Phi) is 5.80. The number of piperidine rings is 2. The summed E-state index contributed by atoms with van der Waals surface area (Å²) in [5.74, 6) is 0.937. The van der Waals surface area contributed by atoms with Gasteiger partial charge in [-0.3, -0.25) is 9.59 Å². The molecule has 1 unspecified atom stereocenters. The third-order valence-electron chi connectivity index (χ3n) is 8.56. The lowest BCUT2D eigenvalue weighted by Gasteiger charge is -2.61. The van der Waals surface area contributed by atoms with Gasteiger partial charge in [0.15, 0.2) is 0 Å². The van der Waals surface area contributed by atoms with Gasteiger partial charge in [-0.2, -0.15) is 0 Å². The van der Waals surface area contributed by atoms with E-state index in [0.29, 0.717) is 11.8 Å². The molecule has 0 radical (unpaired) electrons. The molecule has 3 saturated heterocycles. The molecule has 31 heavy (non-hydrogen) atoms. The number of carbonyl (C=O) groups is 2. The number of likely N-dealkylation sites (tertiary alicyclic amines) is 3. The average molecular weight is 424 g/mol. The van der Waals surface area contributed by atoms with Crippen LogP contribution in [0.25, 0.3) is 0 Å². The molecule has 0 aromatic heterocycles. The van der Waals surface area contributed by atoms with Crippen LogP contribution in [0, 0.1) is 11.3 Å². The highest BCUT2D eigenvalue weighted by Crippen LogP contribution is 2.59. The summed E-state index contributed by atoms with van der Waals surface area (Å²) < 4.78 is 0. The summed E-state index contributed by atoms with van der Waals surface area (Å²) in [6.45, 7) is 3.65. The zero-order valence-corrected chi connectivity index (χ0v) is 19.0. The largest absolute Gasteiger partial charge is 0.342 e. The Hall–Kier alpha value is -1.88. The fourth-order valence-electron chi connectivity index (χ4n) is 6.73. The number of hydrogen-bond donors (Lipinski definition) is 0. The number of hydrogen-bond acceptors (Lipinski definition) is 3. The Morgan fingerprint density at radius 3 is 2.19 bits per heavy atom. The molecule has 1 atom stereocenters. The second-order valence-corrected chi connectivity index (χ2v) is 10.4. The predicted molar refractivity (Wildman–Crippen MR) is 121 cm³/mol. The lowest BCUT2D eigenvalue weighted by atomic mass is 9.59. The van der Waals surface area contributed by atoms with Gasteiger partial charge in [0.2, 0.25) is 11.8 Å². The van der Waals surface area contributed by atoms with Crippen molar-refractivity contribution in [2.45, 2.75) is 69.9 Å². The van der Waals surface area contributed by atoms with Crippen molar-refractivity contribution in [3.8, 4) is 0 Å². The van der Waals surface area contributed by atoms with Crippen molar-refractivity contribution in [1.29, 1.82) is 0 Å². The van der Waals surface area contributed by atoms with Crippen molar-refractivity contribution >= 4 is 11.8 Å². The monoisotopic (exact) mass is 423 g/mol. The zero-order chi connectivity index (χ0) is 21.4. The number of carbonyl (C=O) groups excluding carboxylic acids is 2. The van der Waals surface area contributed by atoms with E-state index in [1.54, 1.807) is 0 Å². The van der Waals surface area contributed by atoms with E-state index < -0.39 is 0 Å². The number of benzene rings is 1. The van der Waals surface area contributed by atoms with E-state index in [0.717, 1.165) is 64.7 Å². The van der Waals surface area contributed by atoms with E-state index >= 15 is 0 Å². The van der Waals surface area contributed by atoms with Crippen molar-refractivity contribution < 1.29 is 9.59 Å². The molecule has 5 nitrogen and oxygen atoms in total. The van der Waals surface area contributed by atoms with E-state index in [4.69, 9.17) is 0 Å². The van der Waals surface area contributed by atoms with Gasteiger partial charge in [0.1, 0.15) is 0 Å².